The molecule has 1 aromatic rings. The van der Waals surface area contributed by atoms with E-state index in [-0.39, 0.29) is 30.1 Å². The van der Waals surface area contributed by atoms with Gasteiger partial charge in [-0.3, -0.25) is 0 Å². The summed E-state index contributed by atoms with van der Waals surface area (Å²) in [7, 11) is 1.63. The second-order valence-electron chi connectivity index (χ2n) is 10.6. The molecule has 0 radical (unpaired) electrons. The van der Waals surface area contributed by atoms with Crippen molar-refractivity contribution in [1.82, 2.24) is 0 Å². The van der Waals surface area contributed by atoms with Gasteiger partial charge in [0.25, 0.3) is 0 Å². The number of methoxy groups -OCH3 is 1. The maximum absolute atomic E-state index is 10.3. The van der Waals surface area contributed by atoms with E-state index in [2.05, 4.69) is 20.1 Å². The molecule has 7 heteroatoms. The van der Waals surface area contributed by atoms with Gasteiger partial charge in [0.1, 0.15) is 5.75 Å². The first-order valence-electron chi connectivity index (χ1n) is 13.1. The fraction of sp³-hybridized carbons (Fsp3) is 0.667. The summed E-state index contributed by atoms with van der Waals surface area (Å²) in [5.74, 6) is 0.850. The highest BCUT2D eigenvalue weighted by atomic mass is 16.7. The van der Waals surface area contributed by atoms with Gasteiger partial charge in [0.2, 0.25) is 0 Å². The summed E-state index contributed by atoms with van der Waals surface area (Å²) >= 11 is 0. The Morgan fingerprint density at radius 1 is 1.00 bits per heavy atom. The molecule has 0 saturated carbocycles. The second-order valence-corrected chi connectivity index (χ2v) is 10.6. The number of benzene rings is 1. The summed E-state index contributed by atoms with van der Waals surface area (Å²) in [6.07, 6.45) is -1.96. The van der Waals surface area contributed by atoms with E-state index in [1.165, 1.54) is 0 Å². The fourth-order valence-corrected chi connectivity index (χ4v) is 4.38. The molecular weight excluding hydrogens is 472 g/mol. The molecule has 9 unspecified atom stereocenters. The maximum atomic E-state index is 10.3. The molecule has 1 aromatic carbocycles. The first-order chi connectivity index (χ1) is 17.3. The van der Waals surface area contributed by atoms with Crippen LogP contribution >= 0.6 is 0 Å². The summed E-state index contributed by atoms with van der Waals surface area (Å²) < 4.78 is 21.9. The SMILES string of the molecule is C=C(C)C(O)C(C)C(O)C(C)COCc1ccc(OC)cc1.C=C(C)C(O)C(C)C1OC(C)OCC1C. The van der Waals surface area contributed by atoms with Crippen molar-refractivity contribution in [2.75, 3.05) is 20.3 Å². The van der Waals surface area contributed by atoms with Gasteiger partial charge in [-0.2, -0.15) is 0 Å². The highest BCUT2D eigenvalue weighted by Crippen LogP contribution is 2.28. The van der Waals surface area contributed by atoms with Crippen molar-refractivity contribution in [3.05, 3.63) is 54.1 Å². The minimum atomic E-state index is -0.695. The quantitative estimate of drug-likeness (QED) is 0.341. The molecule has 1 saturated heterocycles. The second kappa shape index (κ2) is 16.3. The number of aliphatic hydroxyl groups excluding tert-OH is 3. The Bertz CT molecular complexity index is 809. The topological polar surface area (TPSA) is 97.6 Å². The highest BCUT2D eigenvalue weighted by Gasteiger charge is 2.34. The maximum Gasteiger partial charge on any atom is 0.155 e. The van der Waals surface area contributed by atoms with Gasteiger partial charge in [-0.15, -0.1) is 0 Å². The molecule has 0 amide bonds. The summed E-state index contributed by atoms with van der Waals surface area (Å²) in [4.78, 5) is 0. The van der Waals surface area contributed by atoms with Gasteiger partial charge in [0, 0.05) is 23.7 Å². The van der Waals surface area contributed by atoms with E-state index in [0.29, 0.717) is 31.3 Å². The van der Waals surface area contributed by atoms with E-state index < -0.39 is 18.3 Å². The van der Waals surface area contributed by atoms with Gasteiger partial charge in [0.05, 0.1) is 51.3 Å². The molecular formula is C30H50O7. The molecule has 9 atom stereocenters. The predicted molar refractivity (Wildman–Crippen MR) is 147 cm³/mol. The van der Waals surface area contributed by atoms with Gasteiger partial charge < -0.3 is 34.3 Å². The van der Waals surface area contributed by atoms with Crippen LogP contribution in [0.5, 0.6) is 5.75 Å². The molecule has 37 heavy (non-hydrogen) atoms. The molecule has 7 nitrogen and oxygen atoms in total. The highest BCUT2D eigenvalue weighted by molar-refractivity contribution is 5.26. The number of rotatable bonds is 12. The van der Waals surface area contributed by atoms with Crippen LogP contribution < -0.4 is 4.74 Å². The zero-order valence-electron chi connectivity index (χ0n) is 24.0. The van der Waals surface area contributed by atoms with Crippen molar-refractivity contribution in [2.45, 2.75) is 85.8 Å². The third-order valence-corrected chi connectivity index (χ3v) is 6.96. The monoisotopic (exact) mass is 522 g/mol. The van der Waals surface area contributed by atoms with Crippen LogP contribution in [-0.2, 0) is 20.8 Å². The van der Waals surface area contributed by atoms with Crippen molar-refractivity contribution in [2.24, 2.45) is 23.7 Å². The Hall–Kier alpha value is -1.74. The summed E-state index contributed by atoms with van der Waals surface area (Å²) in [6.45, 7) is 22.4. The van der Waals surface area contributed by atoms with E-state index in [4.69, 9.17) is 18.9 Å². The Morgan fingerprint density at radius 2 is 1.57 bits per heavy atom. The lowest BCUT2D eigenvalue weighted by atomic mass is 9.86. The minimum absolute atomic E-state index is 0.0421. The van der Waals surface area contributed by atoms with Gasteiger partial charge in [-0.1, -0.05) is 64.1 Å². The van der Waals surface area contributed by atoms with E-state index in [9.17, 15) is 15.3 Å². The Balaban J connectivity index is 0.000000397. The molecule has 0 aromatic heterocycles. The van der Waals surface area contributed by atoms with Crippen molar-refractivity contribution < 1.29 is 34.3 Å². The lowest BCUT2D eigenvalue weighted by molar-refractivity contribution is -0.241. The first kappa shape index (κ1) is 33.3. The smallest absolute Gasteiger partial charge is 0.155 e. The van der Waals surface area contributed by atoms with Crippen molar-refractivity contribution in [3.63, 3.8) is 0 Å². The average molecular weight is 523 g/mol. The molecule has 212 valence electrons. The molecule has 2 rings (SSSR count). The van der Waals surface area contributed by atoms with E-state index >= 15 is 0 Å². The van der Waals surface area contributed by atoms with Gasteiger partial charge in [-0.05, 0) is 38.5 Å². The molecule has 1 fully saturated rings. The molecule has 0 aliphatic carbocycles. The summed E-state index contributed by atoms with van der Waals surface area (Å²) in [5, 5.41) is 30.2. The van der Waals surface area contributed by atoms with E-state index in [1.807, 2.05) is 58.9 Å². The summed E-state index contributed by atoms with van der Waals surface area (Å²) in [5.41, 5.74) is 2.51. The van der Waals surface area contributed by atoms with E-state index in [0.717, 1.165) is 16.9 Å². The number of aliphatic hydroxyl groups is 3. The number of ether oxygens (including phenoxy) is 4. The third-order valence-electron chi connectivity index (χ3n) is 6.96. The molecule has 1 aliphatic rings. The lowest BCUT2D eigenvalue weighted by Gasteiger charge is -2.38. The van der Waals surface area contributed by atoms with Crippen LogP contribution in [0.2, 0.25) is 0 Å². The van der Waals surface area contributed by atoms with Gasteiger partial charge in [-0.25, -0.2) is 0 Å². The van der Waals surface area contributed by atoms with Crippen LogP contribution in [0.3, 0.4) is 0 Å². The van der Waals surface area contributed by atoms with Crippen LogP contribution in [0, 0.1) is 23.7 Å². The Kier molecular flexibility index (Phi) is 14.6. The van der Waals surface area contributed by atoms with Gasteiger partial charge >= 0.3 is 0 Å². The van der Waals surface area contributed by atoms with Crippen molar-refractivity contribution >= 4 is 0 Å². The molecule has 1 heterocycles. The lowest BCUT2D eigenvalue weighted by Crippen LogP contribution is -2.44. The predicted octanol–water partition coefficient (Wildman–Crippen LogP) is 4.74. The van der Waals surface area contributed by atoms with Crippen LogP contribution in [0.25, 0.3) is 0 Å². The van der Waals surface area contributed by atoms with Crippen molar-refractivity contribution in [1.29, 1.82) is 0 Å². The minimum Gasteiger partial charge on any atom is -0.497 e. The number of hydrogen-bond donors (Lipinski definition) is 3. The van der Waals surface area contributed by atoms with Crippen LogP contribution in [0.1, 0.15) is 54.0 Å². The normalized spacial score (nSPS) is 24.5. The summed E-state index contributed by atoms with van der Waals surface area (Å²) in [6, 6.07) is 7.69. The zero-order chi connectivity index (χ0) is 28.3. The Labute approximate surface area is 224 Å². The standard InChI is InChI=1S/C18H28O4.C12H22O3/c1-12(2)17(19)14(4)18(20)13(3)10-22-11-15-6-8-16(21-5)9-7-15;1-7(2)11(13)9(4)12-8(3)6-14-10(5)15-12/h6-9,13-14,17-20H,1,10-11H2,2-5H3;8-13H,1,6H2,2-5H3. The van der Waals surface area contributed by atoms with Crippen LogP contribution in [0.4, 0.5) is 0 Å². The largest absolute Gasteiger partial charge is 0.497 e. The molecule has 0 bridgehead atoms. The third kappa shape index (κ3) is 10.9. The Morgan fingerprint density at radius 3 is 2.08 bits per heavy atom. The van der Waals surface area contributed by atoms with Crippen LogP contribution in [0.15, 0.2) is 48.6 Å². The molecule has 0 spiro atoms. The first-order valence-corrected chi connectivity index (χ1v) is 13.1. The zero-order valence-corrected chi connectivity index (χ0v) is 24.0. The molecule has 3 N–H and O–H groups in total. The molecule has 1 aliphatic heterocycles. The number of hydrogen-bond acceptors (Lipinski definition) is 7. The fourth-order valence-electron chi connectivity index (χ4n) is 4.38. The van der Waals surface area contributed by atoms with Crippen molar-refractivity contribution in [3.8, 4) is 5.75 Å². The van der Waals surface area contributed by atoms with Gasteiger partial charge in [0.15, 0.2) is 6.29 Å². The van der Waals surface area contributed by atoms with E-state index in [1.54, 1.807) is 14.0 Å². The van der Waals surface area contributed by atoms with Crippen LogP contribution in [-0.4, -0.2) is 66.3 Å². The average Bonchev–Trinajstić information content (AvgIpc) is 2.88.